The van der Waals surface area contributed by atoms with Crippen molar-refractivity contribution in [2.45, 2.75) is 50.8 Å². The highest BCUT2D eigenvalue weighted by atomic mass is 16.5. The van der Waals surface area contributed by atoms with Crippen molar-refractivity contribution in [2.24, 2.45) is 0 Å². The van der Waals surface area contributed by atoms with E-state index in [1.165, 1.54) is 12.8 Å². The summed E-state index contributed by atoms with van der Waals surface area (Å²) in [5, 5.41) is 3.81. The number of piperidine rings is 1. The van der Waals surface area contributed by atoms with E-state index in [-0.39, 0.29) is 0 Å². The van der Waals surface area contributed by atoms with Crippen LogP contribution in [0.25, 0.3) is 0 Å². The Morgan fingerprint density at radius 2 is 2.10 bits per heavy atom. The number of nitrogens with zero attached hydrogens (tertiary/aromatic N) is 3. The normalized spacial score (nSPS) is 31.2. The van der Waals surface area contributed by atoms with Gasteiger partial charge in [0.15, 0.2) is 0 Å². The van der Waals surface area contributed by atoms with Crippen LogP contribution < -0.4 is 10.2 Å². The number of anilines is 1. The van der Waals surface area contributed by atoms with Gasteiger partial charge < -0.3 is 15.0 Å². The van der Waals surface area contributed by atoms with Gasteiger partial charge in [0, 0.05) is 44.2 Å². The minimum atomic E-state index is 0.387. The molecule has 1 aromatic heterocycles. The topological polar surface area (TPSA) is 50.3 Å². The van der Waals surface area contributed by atoms with Crippen LogP contribution in [-0.4, -0.2) is 47.9 Å². The van der Waals surface area contributed by atoms with Gasteiger partial charge in [0.05, 0.1) is 6.10 Å². The van der Waals surface area contributed by atoms with Crippen molar-refractivity contribution >= 4 is 5.95 Å². The van der Waals surface area contributed by atoms with E-state index in [1.54, 1.807) is 0 Å². The molecular formula is C15H24N4O. The van der Waals surface area contributed by atoms with Crippen LogP contribution in [0.4, 0.5) is 5.95 Å². The fourth-order valence-electron chi connectivity index (χ4n) is 3.23. The van der Waals surface area contributed by atoms with Crippen LogP contribution in [0.2, 0.25) is 0 Å². The molecule has 5 nitrogen and oxygen atoms in total. The van der Waals surface area contributed by atoms with E-state index in [0.717, 1.165) is 38.5 Å². The Morgan fingerprint density at radius 1 is 1.25 bits per heavy atom. The van der Waals surface area contributed by atoms with E-state index in [9.17, 15) is 0 Å². The van der Waals surface area contributed by atoms with Crippen LogP contribution in [0.15, 0.2) is 18.5 Å². The first kappa shape index (κ1) is 13.8. The highest BCUT2D eigenvalue weighted by molar-refractivity contribution is 5.29. The number of hydrogen-bond acceptors (Lipinski definition) is 5. The summed E-state index contributed by atoms with van der Waals surface area (Å²) in [6.07, 6.45) is 8.72. The lowest BCUT2D eigenvalue weighted by Gasteiger charge is -2.37. The molecule has 0 spiro atoms. The molecule has 2 fully saturated rings. The van der Waals surface area contributed by atoms with E-state index in [0.29, 0.717) is 18.2 Å². The zero-order chi connectivity index (χ0) is 13.8. The Labute approximate surface area is 120 Å². The molecule has 20 heavy (non-hydrogen) atoms. The summed E-state index contributed by atoms with van der Waals surface area (Å²) in [6, 6.07) is 3.01. The first-order chi connectivity index (χ1) is 9.81. The lowest BCUT2D eigenvalue weighted by Crippen LogP contribution is -2.51. The maximum Gasteiger partial charge on any atom is 0.225 e. The van der Waals surface area contributed by atoms with Crippen molar-refractivity contribution in [3.63, 3.8) is 0 Å². The second kappa shape index (κ2) is 6.50. The predicted octanol–water partition coefficient (Wildman–Crippen LogP) is 1.60. The van der Waals surface area contributed by atoms with Crippen molar-refractivity contribution in [1.29, 1.82) is 0 Å². The molecular weight excluding hydrogens is 252 g/mol. The molecule has 0 saturated carbocycles. The Morgan fingerprint density at radius 3 is 2.90 bits per heavy atom. The molecule has 3 rings (SSSR count). The largest absolute Gasteiger partial charge is 0.378 e. The highest BCUT2D eigenvalue weighted by Crippen LogP contribution is 2.19. The zero-order valence-corrected chi connectivity index (χ0v) is 12.2. The molecule has 0 radical (unpaired) electrons. The maximum absolute atomic E-state index is 5.62. The summed E-state index contributed by atoms with van der Waals surface area (Å²) in [4.78, 5) is 11.0. The first-order valence-corrected chi connectivity index (χ1v) is 7.71. The summed E-state index contributed by atoms with van der Waals surface area (Å²) < 4.78 is 5.62. The van der Waals surface area contributed by atoms with Gasteiger partial charge >= 0.3 is 0 Å². The Balaban J connectivity index is 1.55. The number of aromatic nitrogens is 2. The number of ether oxygens (including phenoxy) is 1. The average Bonchev–Trinajstić information content (AvgIpc) is 2.48. The maximum atomic E-state index is 5.62. The van der Waals surface area contributed by atoms with Gasteiger partial charge in [-0.05, 0) is 38.7 Å². The zero-order valence-electron chi connectivity index (χ0n) is 12.2. The molecule has 3 atom stereocenters. The number of rotatable bonds is 3. The molecule has 3 unspecified atom stereocenters. The molecule has 1 aromatic rings. The molecule has 0 aliphatic carbocycles. The standard InChI is InChI=1S/C15H24N4O/c1-12-10-13(5-9-20-12)18-14-4-2-8-19(11-14)15-16-6-3-7-17-15/h3,6-7,12-14,18H,2,4-5,8-11H2,1H3. The van der Waals surface area contributed by atoms with E-state index in [4.69, 9.17) is 4.74 Å². The monoisotopic (exact) mass is 276 g/mol. The van der Waals surface area contributed by atoms with Gasteiger partial charge in [0.2, 0.25) is 5.95 Å². The van der Waals surface area contributed by atoms with Crippen LogP contribution in [-0.2, 0) is 4.74 Å². The minimum Gasteiger partial charge on any atom is -0.378 e. The third kappa shape index (κ3) is 3.46. The van der Waals surface area contributed by atoms with Crippen LogP contribution in [0.5, 0.6) is 0 Å². The van der Waals surface area contributed by atoms with E-state index in [2.05, 4.69) is 27.1 Å². The molecule has 110 valence electrons. The summed E-state index contributed by atoms with van der Waals surface area (Å²) in [5.41, 5.74) is 0. The van der Waals surface area contributed by atoms with Crippen LogP contribution in [0.3, 0.4) is 0 Å². The van der Waals surface area contributed by atoms with E-state index < -0.39 is 0 Å². The highest BCUT2D eigenvalue weighted by Gasteiger charge is 2.26. The molecule has 0 aromatic carbocycles. The molecule has 0 amide bonds. The Kier molecular flexibility index (Phi) is 4.47. The van der Waals surface area contributed by atoms with Gasteiger partial charge in [-0.15, -0.1) is 0 Å². The summed E-state index contributed by atoms with van der Waals surface area (Å²) in [6.45, 7) is 5.12. The fourth-order valence-corrected chi connectivity index (χ4v) is 3.23. The van der Waals surface area contributed by atoms with E-state index >= 15 is 0 Å². The van der Waals surface area contributed by atoms with Gasteiger partial charge in [-0.1, -0.05) is 0 Å². The molecule has 0 bridgehead atoms. The summed E-state index contributed by atoms with van der Waals surface area (Å²) in [7, 11) is 0. The van der Waals surface area contributed by atoms with Gasteiger partial charge in [-0.3, -0.25) is 0 Å². The van der Waals surface area contributed by atoms with Gasteiger partial charge in [-0.2, -0.15) is 0 Å². The van der Waals surface area contributed by atoms with Crippen molar-refractivity contribution in [1.82, 2.24) is 15.3 Å². The summed E-state index contributed by atoms with van der Waals surface area (Å²) >= 11 is 0. The van der Waals surface area contributed by atoms with Crippen LogP contribution in [0.1, 0.15) is 32.6 Å². The molecule has 3 heterocycles. The van der Waals surface area contributed by atoms with Gasteiger partial charge in [0.25, 0.3) is 0 Å². The lowest BCUT2D eigenvalue weighted by atomic mass is 10.00. The van der Waals surface area contributed by atoms with E-state index in [1.807, 2.05) is 18.5 Å². The average molecular weight is 276 g/mol. The predicted molar refractivity (Wildman–Crippen MR) is 78.8 cm³/mol. The lowest BCUT2D eigenvalue weighted by molar-refractivity contribution is 0.0109. The van der Waals surface area contributed by atoms with Gasteiger partial charge in [0.1, 0.15) is 0 Å². The molecule has 2 saturated heterocycles. The fraction of sp³-hybridized carbons (Fsp3) is 0.733. The van der Waals surface area contributed by atoms with Crippen molar-refractivity contribution in [2.75, 3.05) is 24.6 Å². The SMILES string of the molecule is CC1CC(NC2CCCN(c3ncccn3)C2)CCO1. The summed E-state index contributed by atoms with van der Waals surface area (Å²) in [5.74, 6) is 0.861. The van der Waals surface area contributed by atoms with Crippen molar-refractivity contribution in [3.8, 4) is 0 Å². The minimum absolute atomic E-state index is 0.387. The van der Waals surface area contributed by atoms with Crippen LogP contribution >= 0.6 is 0 Å². The second-order valence-electron chi connectivity index (χ2n) is 5.90. The van der Waals surface area contributed by atoms with Crippen molar-refractivity contribution < 1.29 is 4.74 Å². The number of nitrogens with one attached hydrogen (secondary N) is 1. The Bertz CT molecular complexity index is 414. The third-order valence-electron chi connectivity index (χ3n) is 4.21. The Hall–Kier alpha value is -1.20. The molecule has 1 N–H and O–H groups in total. The first-order valence-electron chi connectivity index (χ1n) is 7.71. The smallest absolute Gasteiger partial charge is 0.225 e. The molecule has 2 aliphatic heterocycles. The molecule has 2 aliphatic rings. The number of hydrogen-bond donors (Lipinski definition) is 1. The van der Waals surface area contributed by atoms with Crippen LogP contribution in [0, 0.1) is 0 Å². The third-order valence-corrected chi connectivity index (χ3v) is 4.21. The quantitative estimate of drug-likeness (QED) is 0.909. The van der Waals surface area contributed by atoms with Gasteiger partial charge in [-0.25, -0.2) is 9.97 Å². The second-order valence-corrected chi connectivity index (χ2v) is 5.90. The molecule has 5 heteroatoms. The van der Waals surface area contributed by atoms with Crippen molar-refractivity contribution in [3.05, 3.63) is 18.5 Å².